The molecule has 0 aromatic carbocycles. The monoisotopic (exact) mass is 314 g/mol. The van der Waals surface area contributed by atoms with Crippen LogP contribution in [0.5, 0.6) is 0 Å². The lowest BCUT2D eigenvalue weighted by Crippen LogP contribution is -2.40. The number of likely N-dealkylation sites (tertiary alicyclic amines) is 1. The summed E-state index contributed by atoms with van der Waals surface area (Å²) in [6.45, 7) is 7.40. The molecule has 1 aromatic rings. The largest absolute Gasteiger partial charge is 0.293 e. The number of hydrogen-bond donors (Lipinski definition) is 0. The number of rotatable bonds is 5. The van der Waals surface area contributed by atoms with Crippen LogP contribution in [-0.4, -0.2) is 37.1 Å². The molecule has 1 fully saturated rings. The normalized spacial score (nSPS) is 23.2. The molecule has 102 valence electrons. The van der Waals surface area contributed by atoms with Gasteiger partial charge in [-0.1, -0.05) is 29.3 Å². The zero-order chi connectivity index (χ0) is 13.0. The molecule has 2 atom stereocenters. The summed E-state index contributed by atoms with van der Waals surface area (Å²) in [5.74, 6) is 1.10. The fourth-order valence-corrected chi connectivity index (χ4v) is 3.20. The van der Waals surface area contributed by atoms with E-state index >= 15 is 0 Å². The molecule has 0 spiro atoms. The van der Waals surface area contributed by atoms with Crippen molar-refractivity contribution < 1.29 is 0 Å². The molecule has 0 aliphatic carbocycles. The van der Waals surface area contributed by atoms with Gasteiger partial charge in [0.25, 0.3) is 0 Å². The maximum atomic E-state index is 4.39. The van der Waals surface area contributed by atoms with Crippen LogP contribution in [0.25, 0.3) is 0 Å². The van der Waals surface area contributed by atoms with Crippen LogP contribution in [0.1, 0.15) is 45.4 Å². The first kappa shape index (κ1) is 14.0. The Balaban J connectivity index is 2.00. The summed E-state index contributed by atoms with van der Waals surface area (Å²) in [6.07, 6.45) is 6.89. The Labute approximate surface area is 118 Å². The highest BCUT2D eigenvalue weighted by Crippen LogP contribution is 2.24. The number of nitrogens with zero attached hydrogens (tertiary/aromatic N) is 4. The molecular weight excluding hydrogens is 292 g/mol. The summed E-state index contributed by atoms with van der Waals surface area (Å²) in [5.41, 5.74) is 0. The second-order valence-corrected chi connectivity index (χ2v) is 6.69. The SMILES string of the molecule is CCn1ncnc1CN1CCCCC1CC(C)Br. The molecule has 5 heteroatoms. The van der Waals surface area contributed by atoms with Gasteiger partial charge in [-0.3, -0.25) is 4.90 Å². The minimum absolute atomic E-state index is 0.590. The van der Waals surface area contributed by atoms with E-state index in [9.17, 15) is 0 Å². The Morgan fingerprint density at radius 3 is 3.06 bits per heavy atom. The standard InChI is InChI=1S/C13H23BrN4/c1-3-18-13(15-10-16-18)9-17-7-5-4-6-12(17)8-11(2)14/h10-12H,3-9H2,1-2H3. The van der Waals surface area contributed by atoms with E-state index in [4.69, 9.17) is 0 Å². The highest BCUT2D eigenvalue weighted by Gasteiger charge is 2.24. The van der Waals surface area contributed by atoms with Gasteiger partial charge >= 0.3 is 0 Å². The van der Waals surface area contributed by atoms with E-state index in [2.05, 4.69) is 44.8 Å². The number of aryl methyl sites for hydroxylation is 1. The van der Waals surface area contributed by atoms with Gasteiger partial charge in [-0.2, -0.15) is 5.10 Å². The lowest BCUT2D eigenvalue weighted by molar-refractivity contribution is 0.127. The third-order valence-corrected chi connectivity index (χ3v) is 4.06. The van der Waals surface area contributed by atoms with Gasteiger partial charge in [0.05, 0.1) is 6.54 Å². The molecule has 0 saturated carbocycles. The zero-order valence-corrected chi connectivity index (χ0v) is 12.9. The number of halogens is 1. The Morgan fingerprint density at radius 2 is 2.33 bits per heavy atom. The van der Waals surface area contributed by atoms with Gasteiger partial charge in [-0.05, 0) is 32.7 Å². The molecule has 2 heterocycles. The molecule has 0 radical (unpaired) electrons. The van der Waals surface area contributed by atoms with Gasteiger partial charge in [0.1, 0.15) is 12.2 Å². The van der Waals surface area contributed by atoms with Crippen molar-refractivity contribution in [3.63, 3.8) is 0 Å². The lowest BCUT2D eigenvalue weighted by Gasteiger charge is -2.36. The Hall–Kier alpha value is -0.420. The molecule has 1 aliphatic heterocycles. The minimum Gasteiger partial charge on any atom is -0.293 e. The summed E-state index contributed by atoms with van der Waals surface area (Å²) in [7, 11) is 0. The first-order chi connectivity index (χ1) is 8.70. The van der Waals surface area contributed by atoms with E-state index in [0.29, 0.717) is 10.9 Å². The molecule has 1 aromatic heterocycles. The zero-order valence-electron chi connectivity index (χ0n) is 11.3. The van der Waals surface area contributed by atoms with Crippen LogP contribution in [0.3, 0.4) is 0 Å². The van der Waals surface area contributed by atoms with Crippen molar-refractivity contribution in [3.05, 3.63) is 12.2 Å². The van der Waals surface area contributed by atoms with Gasteiger partial charge in [0.2, 0.25) is 0 Å². The molecular formula is C13H23BrN4. The van der Waals surface area contributed by atoms with Crippen molar-refractivity contribution in [2.45, 2.75) is 63.5 Å². The fourth-order valence-electron chi connectivity index (χ4n) is 2.77. The second kappa shape index (κ2) is 6.66. The second-order valence-electron chi connectivity index (χ2n) is 5.13. The van der Waals surface area contributed by atoms with E-state index < -0.39 is 0 Å². The van der Waals surface area contributed by atoms with E-state index in [1.807, 2.05) is 4.68 Å². The number of alkyl halides is 1. The van der Waals surface area contributed by atoms with Gasteiger partial charge in [0, 0.05) is 17.4 Å². The van der Waals surface area contributed by atoms with Crippen LogP contribution in [-0.2, 0) is 13.1 Å². The minimum atomic E-state index is 0.590. The van der Waals surface area contributed by atoms with Crippen molar-refractivity contribution in [2.75, 3.05) is 6.54 Å². The highest BCUT2D eigenvalue weighted by atomic mass is 79.9. The van der Waals surface area contributed by atoms with Crippen LogP contribution in [0.4, 0.5) is 0 Å². The Bertz CT molecular complexity index is 364. The topological polar surface area (TPSA) is 34.0 Å². The summed E-state index contributed by atoms with van der Waals surface area (Å²) in [5, 5.41) is 4.26. The first-order valence-electron chi connectivity index (χ1n) is 6.95. The molecule has 0 bridgehead atoms. The molecule has 2 unspecified atom stereocenters. The number of hydrogen-bond acceptors (Lipinski definition) is 3. The first-order valence-corrected chi connectivity index (χ1v) is 7.87. The number of piperidine rings is 1. The van der Waals surface area contributed by atoms with Crippen molar-refractivity contribution >= 4 is 15.9 Å². The van der Waals surface area contributed by atoms with Crippen LogP contribution in [0.2, 0.25) is 0 Å². The van der Waals surface area contributed by atoms with Crippen LogP contribution < -0.4 is 0 Å². The average molecular weight is 315 g/mol. The predicted octanol–water partition coefficient (Wildman–Crippen LogP) is 2.83. The average Bonchev–Trinajstić information content (AvgIpc) is 2.78. The lowest BCUT2D eigenvalue weighted by atomic mass is 9.98. The summed E-state index contributed by atoms with van der Waals surface area (Å²) in [6, 6.07) is 0.690. The molecule has 4 nitrogen and oxygen atoms in total. The summed E-state index contributed by atoms with van der Waals surface area (Å²) < 4.78 is 2.00. The third-order valence-electron chi connectivity index (χ3n) is 3.69. The van der Waals surface area contributed by atoms with Crippen molar-refractivity contribution in [1.82, 2.24) is 19.7 Å². The van der Waals surface area contributed by atoms with Gasteiger partial charge in [-0.15, -0.1) is 0 Å². The van der Waals surface area contributed by atoms with Gasteiger partial charge < -0.3 is 0 Å². The third kappa shape index (κ3) is 3.54. The Morgan fingerprint density at radius 1 is 1.50 bits per heavy atom. The van der Waals surface area contributed by atoms with Crippen LogP contribution in [0, 0.1) is 0 Å². The van der Waals surface area contributed by atoms with E-state index in [-0.39, 0.29) is 0 Å². The molecule has 0 N–H and O–H groups in total. The van der Waals surface area contributed by atoms with Crippen molar-refractivity contribution in [1.29, 1.82) is 0 Å². The fraction of sp³-hybridized carbons (Fsp3) is 0.846. The smallest absolute Gasteiger partial charge is 0.141 e. The summed E-state index contributed by atoms with van der Waals surface area (Å²) in [4.78, 5) is 7.56. The predicted molar refractivity (Wildman–Crippen MR) is 76.8 cm³/mol. The van der Waals surface area contributed by atoms with Gasteiger partial charge in [0.15, 0.2) is 0 Å². The maximum absolute atomic E-state index is 4.39. The van der Waals surface area contributed by atoms with E-state index in [0.717, 1.165) is 18.9 Å². The molecule has 2 rings (SSSR count). The van der Waals surface area contributed by atoms with E-state index in [1.165, 1.54) is 32.2 Å². The quantitative estimate of drug-likeness (QED) is 0.784. The van der Waals surface area contributed by atoms with Crippen molar-refractivity contribution in [3.8, 4) is 0 Å². The highest BCUT2D eigenvalue weighted by molar-refractivity contribution is 9.09. The number of aromatic nitrogens is 3. The molecule has 1 saturated heterocycles. The van der Waals surface area contributed by atoms with Gasteiger partial charge in [-0.25, -0.2) is 9.67 Å². The Kier molecular flexibility index (Phi) is 5.18. The maximum Gasteiger partial charge on any atom is 0.141 e. The molecule has 18 heavy (non-hydrogen) atoms. The molecule has 1 aliphatic rings. The van der Waals surface area contributed by atoms with Crippen LogP contribution in [0.15, 0.2) is 6.33 Å². The van der Waals surface area contributed by atoms with Crippen molar-refractivity contribution in [2.24, 2.45) is 0 Å². The summed E-state index contributed by atoms with van der Waals surface area (Å²) >= 11 is 3.68. The molecule has 0 amide bonds. The van der Waals surface area contributed by atoms with E-state index in [1.54, 1.807) is 6.33 Å². The van der Waals surface area contributed by atoms with Crippen LogP contribution >= 0.6 is 15.9 Å².